The van der Waals surface area contributed by atoms with E-state index in [9.17, 15) is 13.2 Å². The second-order valence-electron chi connectivity index (χ2n) is 10.2. The van der Waals surface area contributed by atoms with Gasteiger partial charge in [-0.15, -0.1) is 0 Å². The van der Waals surface area contributed by atoms with E-state index in [1.54, 1.807) is 6.08 Å². The van der Waals surface area contributed by atoms with E-state index in [-0.39, 0.29) is 25.6 Å². The highest BCUT2D eigenvalue weighted by Gasteiger charge is 2.48. The molecule has 1 amide bonds. The van der Waals surface area contributed by atoms with E-state index in [2.05, 4.69) is 9.88 Å². The zero-order valence-electron chi connectivity index (χ0n) is 21.1. The lowest BCUT2D eigenvalue weighted by Gasteiger charge is -2.34. The quantitative estimate of drug-likeness (QED) is 0.486. The first-order valence-corrected chi connectivity index (χ1v) is 14.8. The van der Waals surface area contributed by atoms with Crippen LogP contribution in [-0.2, 0) is 26.1 Å². The standard InChI is InChI=1S/C27H36N4O5S/c32-16-18-36-17-15-30-12-8-23-20-21(6-7-24(23)30)9-19-37(34,35)31-13-10-27(11-14-31)26(33)28-25(29-27)22-4-2-1-3-5-22/h6-9,12,19-20,22,32H,1-5,10-11,13-18H2,(H,28,29,33)/b19-9+. The summed E-state index contributed by atoms with van der Waals surface area (Å²) in [5.74, 6) is 1.08. The number of carbonyl (C=O) groups excluding carboxylic acids is 1. The number of aliphatic hydroxyl groups is 1. The molecule has 2 fully saturated rings. The molecule has 5 rings (SSSR count). The predicted octanol–water partition coefficient (Wildman–Crippen LogP) is 2.89. The minimum Gasteiger partial charge on any atom is -0.394 e. The molecule has 0 bridgehead atoms. The van der Waals surface area contributed by atoms with E-state index >= 15 is 0 Å². The lowest BCUT2D eigenvalue weighted by molar-refractivity contribution is -0.125. The third kappa shape index (κ3) is 5.67. The van der Waals surface area contributed by atoms with E-state index in [4.69, 9.17) is 14.8 Å². The van der Waals surface area contributed by atoms with Crippen LogP contribution >= 0.6 is 0 Å². The van der Waals surface area contributed by atoms with Gasteiger partial charge in [-0.25, -0.2) is 8.42 Å². The highest BCUT2D eigenvalue weighted by molar-refractivity contribution is 7.92. The summed E-state index contributed by atoms with van der Waals surface area (Å²) in [6.45, 7) is 2.07. The van der Waals surface area contributed by atoms with Crippen molar-refractivity contribution < 1.29 is 23.1 Å². The number of benzene rings is 1. The molecule has 2 aliphatic heterocycles. The first-order chi connectivity index (χ1) is 17.9. The van der Waals surface area contributed by atoms with E-state index < -0.39 is 15.6 Å². The first kappa shape index (κ1) is 26.1. The highest BCUT2D eigenvalue weighted by atomic mass is 32.2. The number of amides is 1. The molecule has 200 valence electrons. The van der Waals surface area contributed by atoms with Gasteiger partial charge in [0.05, 0.1) is 19.8 Å². The number of hydrogen-bond donors (Lipinski definition) is 2. The topological polar surface area (TPSA) is 113 Å². The van der Waals surface area contributed by atoms with Crippen molar-refractivity contribution in [1.29, 1.82) is 0 Å². The number of piperidine rings is 1. The molecule has 0 unspecified atom stereocenters. The van der Waals surface area contributed by atoms with Gasteiger partial charge >= 0.3 is 0 Å². The largest absolute Gasteiger partial charge is 0.394 e. The van der Waals surface area contributed by atoms with E-state index in [0.717, 1.165) is 35.1 Å². The van der Waals surface area contributed by atoms with Gasteiger partial charge in [-0.3, -0.25) is 9.79 Å². The molecule has 1 aromatic heterocycles. The lowest BCUT2D eigenvalue weighted by Crippen LogP contribution is -2.50. The van der Waals surface area contributed by atoms with Crippen molar-refractivity contribution in [3.8, 4) is 0 Å². The second-order valence-corrected chi connectivity index (χ2v) is 12.0. The van der Waals surface area contributed by atoms with Gasteiger partial charge in [-0.1, -0.05) is 25.3 Å². The Labute approximate surface area is 218 Å². The molecule has 37 heavy (non-hydrogen) atoms. The third-order valence-corrected chi connectivity index (χ3v) is 9.40. The van der Waals surface area contributed by atoms with Crippen LogP contribution in [-0.4, -0.2) is 72.6 Å². The van der Waals surface area contributed by atoms with Crippen molar-refractivity contribution in [2.24, 2.45) is 10.9 Å². The van der Waals surface area contributed by atoms with Gasteiger partial charge in [0.25, 0.3) is 5.91 Å². The van der Waals surface area contributed by atoms with Gasteiger partial charge in [-0.2, -0.15) is 4.31 Å². The maximum atomic E-state index is 13.1. The Morgan fingerprint density at radius 1 is 1.14 bits per heavy atom. The number of carbonyl (C=O) groups is 1. The summed E-state index contributed by atoms with van der Waals surface area (Å²) in [4.78, 5) is 17.7. The molecule has 1 saturated heterocycles. The molecule has 10 heteroatoms. The molecular weight excluding hydrogens is 492 g/mol. The summed E-state index contributed by atoms with van der Waals surface area (Å²) in [6.07, 6.45) is 10.1. The van der Waals surface area contributed by atoms with Gasteiger partial charge in [0.15, 0.2) is 0 Å². The molecule has 1 aliphatic carbocycles. The molecule has 0 radical (unpaired) electrons. The summed E-state index contributed by atoms with van der Waals surface area (Å²) in [6, 6.07) is 7.82. The number of nitrogens with zero attached hydrogens (tertiary/aromatic N) is 3. The van der Waals surface area contributed by atoms with E-state index in [1.807, 2.05) is 30.5 Å². The normalized spacial score (nSPS) is 21.2. The molecule has 1 saturated carbocycles. The molecule has 0 atom stereocenters. The van der Waals surface area contributed by atoms with Crippen molar-refractivity contribution >= 4 is 38.7 Å². The summed E-state index contributed by atoms with van der Waals surface area (Å²) in [5, 5.41) is 14.1. The van der Waals surface area contributed by atoms with Crippen LogP contribution in [0.2, 0.25) is 0 Å². The van der Waals surface area contributed by atoms with Crippen LogP contribution < -0.4 is 5.32 Å². The van der Waals surface area contributed by atoms with Crippen LogP contribution in [0, 0.1) is 5.92 Å². The molecule has 3 heterocycles. The van der Waals surface area contributed by atoms with Crippen LogP contribution in [0.1, 0.15) is 50.5 Å². The number of ether oxygens (including phenoxy) is 1. The minimum atomic E-state index is -3.61. The number of aliphatic imine (C=N–C) groups is 1. The van der Waals surface area contributed by atoms with Crippen LogP contribution in [0.3, 0.4) is 0 Å². The van der Waals surface area contributed by atoms with Gasteiger partial charge in [0.1, 0.15) is 11.4 Å². The lowest BCUT2D eigenvalue weighted by atomic mass is 9.88. The third-order valence-electron chi connectivity index (χ3n) is 7.84. The summed E-state index contributed by atoms with van der Waals surface area (Å²) < 4.78 is 35.0. The van der Waals surface area contributed by atoms with Crippen molar-refractivity contribution in [1.82, 2.24) is 14.2 Å². The Morgan fingerprint density at radius 3 is 2.68 bits per heavy atom. The van der Waals surface area contributed by atoms with Gasteiger partial charge in [0, 0.05) is 48.1 Å². The number of aromatic nitrogens is 1. The molecule has 1 spiro atoms. The Bertz CT molecular complexity index is 1290. The fourth-order valence-corrected chi connectivity index (χ4v) is 6.85. The molecule has 9 nitrogen and oxygen atoms in total. The number of aliphatic hydroxyl groups excluding tert-OH is 1. The molecule has 2 N–H and O–H groups in total. The Morgan fingerprint density at radius 2 is 1.92 bits per heavy atom. The van der Waals surface area contributed by atoms with Crippen LogP contribution in [0.15, 0.2) is 40.9 Å². The number of sulfonamides is 1. The smallest absolute Gasteiger partial charge is 0.253 e. The number of amidine groups is 1. The fraction of sp³-hybridized carbons (Fsp3) is 0.556. The van der Waals surface area contributed by atoms with Gasteiger partial charge in [-0.05, 0) is 55.5 Å². The zero-order valence-corrected chi connectivity index (χ0v) is 22.0. The Hall–Kier alpha value is -2.53. The van der Waals surface area contributed by atoms with Crippen molar-refractivity contribution in [2.45, 2.75) is 57.0 Å². The minimum absolute atomic E-state index is 0.00789. The average molecular weight is 529 g/mol. The molecule has 1 aromatic carbocycles. The van der Waals surface area contributed by atoms with Gasteiger partial charge < -0.3 is 19.7 Å². The summed E-state index contributed by atoms with van der Waals surface area (Å²) >= 11 is 0. The molecule has 3 aliphatic rings. The summed E-state index contributed by atoms with van der Waals surface area (Å²) in [5.41, 5.74) is 1.02. The van der Waals surface area contributed by atoms with E-state index in [0.29, 0.717) is 38.5 Å². The van der Waals surface area contributed by atoms with E-state index in [1.165, 1.54) is 29.0 Å². The highest BCUT2D eigenvalue weighted by Crippen LogP contribution is 2.35. The monoisotopic (exact) mass is 528 g/mol. The van der Waals surface area contributed by atoms with Crippen LogP contribution in [0.4, 0.5) is 0 Å². The number of rotatable bonds is 9. The SMILES string of the molecule is O=C1NC(C2CCCCC2)=NC12CCN(S(=O)(=O)/C=C/c1ccc3c(ccn3CCOCCO)c1)CC2. The maximum absolute atomic E-state index is 13.1. The van der Waals surface area contributed by atoms with Crippen molar-refractivity contribution in [3.05, 3.63) is 41.4 Å². The number of nitrogens with one attached hydrogen (secondary N) is 1. The molecule has 2 aromatic rings. The Kier molecular flexibility index (Phi) is 7.80. The predicted molar refractivity (Wildman–Crippen MR) is 143 cm³/mol. The fourth-order valence-electron chi connectivity index (χ4n) is 5.66. The maximum Gasteiger partial charge on any atom is 0.253 e. The van der Waals surface area contributed by atoms with Crippen LogP contribution in [0.5, 0.6) is 0 Å². The number of fused-ring (bicyclic) bond motifs is 1. The Balaban J connectivity index is 1.21. The molecular formula is C27H36N4O5S. The first-order valence-electron chi connectivity index (χ1n) is 13.3. The zero-order chi connectivity index (χ0) is 25.9. The average Bonchev–Trinajstić information content (AvgIpc) is 3.46. The van der Waals surface area contributed by atoms with Crippen LogP contribution in [0.25, 0.3) is 17.0 Å². The summed E-state index contributed by atoms with van der Waals surface area (Å²) in [7, 11) is -3.61. The second kappa shape index (κ2) is 11.1. The number of hydrogen-bond acceptors (Lipinski definition) is 6. The van der Waals surface area contributed by atoms with Gasteiger partial charge in [0.2, 0.25) is 10.0 Å². The van der Waals surface area contributed by atoms with Crippen molar-refractivity contribution in [3.63, 3.8) is 0 Å². The van der Waals surface area contributed by atoms with Crippen molar-refractivity contribution in [2.75, 3.05) is 32.9 Å².